The summed E-state index contributed by atoms with van der Waals surface area (Å²) in [5, 5.41) is 0. The van der Waals surface area contributed by atoms with Crippen molar-refractivity contribution in [1.29, 1.82) is 0 Å². The molecule has 0 saturated heterocycles. The third kappa shape index (κ3) is 2.78. The van der Waals surface area contributed by atoms with Gasteiger partial charge in [-0.3, -0.25) is 9.10 Å². The number of hydrogen-bond acceptors (Lipinski definition) is 5. The van der Waals surface area contributed by atoms with Crippen LogP contribution in [0.15, 0.2) is 47.4 Å². The van der Waals surface area contributed by atoms with Crippen LogP contribution in [0.5, 0.6) is 11.5 Å². The van der Waals surface area contributed by atoms with Crippen molar-refractivity contribution in [3.8, 4) is 11.5 Å². The molecular formula is C17H18N2O5S. The molecule has 1 heterocycles. The molecule has 7 nitrogen and oxygen atoms in total. The van der Waals surface area contributed by atoms with Gasteiger partial charge in [-0.2, -0.15) is 0 Å². The van der Waals surface area contributed by atoms with Crippen LogP contribution in [0, 0.1) is 0 Å². The van der Waals surface area contributed by atoms with Crippen LogP contribution in [0.1, 0.15) is 0 Å². The standard InChI is InChI=1S/C17H18N2O5S/c1-18-13-6-4-5-7-14(13)19(11-17(18)20)25(21,22)16-10-12(23-2)8-9-15(16)24-3/h4-10H,11H2,1-3H3. The van der Waals surface area contributed by atoms with E-state index in [-0.39, 0.29) is 23.1 Å². The fourth-order valence-electron chi connectivity index (χ4n) is 2.73. The van der Waals surface area contributed by atoms with Crippen molar-refractivity contribution in [3.05, 3.63) is 42.5 Å². The number of fused-ring (bicyclic) bond motifs is 1. The molecule has 0 fully saturated rings. The van der Waals surface area contributed by atoms with Crippen LogP contribution in [0.2, 0.25) is 0 Å². The Morgan fingerprint density at radius 2 is 1.68 bits per heavy atom. The van der Waals surface area contributed by atoms with Crippen LogP contribution in [0.3, 0.4) is 0 Å². The minimum absolute atomic E-state index is 0.0542. The first-order chi connectivity index (χ1) is 11.9. The second-order valence-corrected chi connectivity index (χ2v) is 7.30. The fourth-order valence-corrected chi connectivity index (χ4v) is 4.33. The van der Waals surface area contributed by atoms with Crippen molar-refractivity contribution in [2.24, 2.45) is 0 Å². The zero-order chi connectivity index (χ0) is 18.2. The van der Waals surface area contributed by atoms with Crippen LogP contribution in [0.25, 0.3) is 0 Å². The van der Waals surface area contributed by atoms with Gasteiger partial charge in [-0.05, 0) is 24.3 Å². The van der Waals surface area contributed by atoms with E-state index >= 15 is 0 Å². The highest BCUT2D eigenvalue weighted by molar-refractivity contribution is 7.93. The molecule has 0 spiro atoms. The van der Waals surface area contributed by atoms with Crippen molar-refractivity contribution >= 4 is 27.3 Å². The number of sulfonamides is 1. The fraction of sp³-hybridized carbons (Fsp3) is 0.235. The predicted octanol–water partition coefficient (Wildman–Crippen LogP) is 1.88. The minimum atomic E-state index is -4.03. The number of methoxy groups -OCH3 is 2. The molecule has 8 heteroatoms. The smallest absolute Gasteiger partial charge is 0.268 e. The summed E-state index contributed by atoms with van der Waals surface area (Å²) in [7, 11) is 0.440. The van der Waals surface area contributed by atoms with E-state index in [0.717, 1.165) is 4.31 Å². The number of likely N-dealkylation sites (N-methyl/N-ethyl adjacent to an activating group) is 1. The highest BCUT2D eigenvalue weighted by Crippen LogP contribution is 2.38. The maximum absolute atomic E-state index is 13.3. The number of ether oxygens (including phenoxy) is 2. The highest BCUT2D eigenvalue weighted by atomic mass is 32.2. The molecule has 1 amide bonds. The van der Waals surface area contributed by atoms with Gasteiger partial charge in [0.05, 0.1) is 25.6 Å². The van der Waals surface area contributed by atoms with E-state index in [2.05, 4.69) is 0 Å². The van der Waals surface area contributed by atoms with Crippen LogP contribution in [-0.4, -0.2) is 42.1 Å². The van der Waals surface area contributed by atoms with Crippen molar-refractivity contribution in [1.82, 2.24) is 0 Å². The molecule has 3 rings (SSSR count). The molecule has 132 valence electrons. The van der Waals surface area contributed by atoms with Gasteiger partial charge in [-0.25, -0.2) is 8.42 Å². The molecule has 1 aliphatic heterocycles. The number of amides is 1. The molecule has 0 aromatic heterocycles. The van der Waals surface area contributed by atoms with Crippen molar-refractivity contribution < 1.29 is 22.7 Å². The normalized spacial score (nSPS) is 14.3. The number of para-hydroxylation sites is 2. The van der Waals surface area contributed by atoms with E-state index < -0.39 is 10.0 Å². The van der Waals surface area contributed by atoms with Crippen LogP contribution in [0.4, 0.5) is 11.4 Å². The van der Waals surface area contributed by atoms with Crippen LogP contribution in [-0.2, 0) is 14.8 Å². The zero-order valence-corrected chi connectivity index (χ0v) is 14.9. The van der Waals surface area contributed by atoms with Crippen LogP contribution < -0.4 is 18.7 Å². The summed E-state index contributed by atoms with van der Waals surface area (Å²) < 4.78 is 38.0. The van der Waals surface area contributed by atoms with Gasteiger partial charge in [-0.15, -0.1) is 0 Å². The predicted molar refractivity (Wildman–Crippen MR) is 93.9 cm³/mol. The topological polar surface area (TPSA) is 76.1 Å². The first-order valence-corrected chi connectivity index (χ1v) is 8.94. The number of nitrogens with zero attached hydrogens (tertiary/aromatic N) is 2. The lowest BCUT2D eigenvalue weighted by Gasteiger charge is -2.34. The maximum Gasteiger partial charge on any atom is 0.268 e. The summed E-state index contributed by atoms with van der Waals surface area (Å²) in [6, 6.07) is 11.4. The monoisotopic (exact) mass is 362 g/mol. The number of hydrogen-bond donors (Lipinski definition) is 0. The van der Waals surface area contributed by atoms with Gasteiger partial charge >= 0.3 is 0 Å². The SMILES string of the molecule is COc1ccc(OC)c(S(=O)(=O)N2CC(=O)N(C)c3ccccc32)c1. The van der Waals surface area contributed by atoms with E-state index in [1.165, 1.54) is 31.3 Å². The minimum Gasteiger partial charge on any atom is -0.497 e. The van der Waals surface area contributed by atoms with Gasteiger partial charge in [0.25, 0.3) is 10.0 Å². The Kier molecular flexibility index (Phi) is 4.30. The lowest BCUT2D eigenvalue weighted by atomic mass is 10.2. The third-order valence-electron chi connectivity index (χ3n) is 4.10. The summed E-state index contributed by atoms with van der Waals surface area (Å²) in [4.78, 5) is 13.7. The lowest BCUT2D eigenvalue weighted by Crippen LogP contribution is -2.46. The first-order valence-electron chi connectivity index (χ1n) is 7.50. The molecule has 0 atom stereocenters. The summed E-state index contributed by atoms with van der Waals surface area (Å²) in [5.74, 6) is 0.252. The number of carbonyl (C=O) groups excluding carboxylic acids is 1. The van der Waals surface area contributed by atoms with E-state index in [0.29, 0.717) is 17.1 Å². The molecule has 0 unspecified atom stereocenters. The van der Waals surface area contributed by atoms with Crippen LogP contribution >= 0.6 is 0 Å². The van der Waals surface area contributed by atoms with Gasteiger partial charge in [0.15, 0.2) is 0 Å². The molecule has 2 aromatic carbocycles. The average molecular weight is 362 g/mol. The maximum atomic E-state index is 13.3. The summed E-state index contributed by atoms with van der Waals surface area (Å²) >= 11 is 0. The number of anilines is 2. The zero-order valence-electron chi connectivity index (χ0n) is 14.1. The molecule has 0 aliphatic carbocycles. The summed E-state index contributed by atoms with van der Waals surface area (Å²) in [6.45, 7) is -0.282. The lowest BCUT2D eigenvalue weighted by molar-refractivity contribution is -0.117. The van der Waals surface area contributed by atoms with Gasteiger partial charge in [0, 0.05) is 13.1 Å². The summed E-state index contributed by atoms with van der Waals surface area (Å²) in [5.41, 5.74) is 0.971. The van der Waals surface area contributed by atoms with Crippen molar-refractivity contribution in [2.75, 3.05) is 37.0 Å². The van der Waals surface area contributed by atoms with Crippen molar-refractivity contribution in [2.45, 2.75) is 4.90 Å². The third-order valence-corrected chi connectivity index (χ3v) is 5.88. The van der Waals surface area contributed by atoms with Crippen molar-refractivity contribution in [3.63, 3.8) is 0 Å². The van der Waals surface area contributed by atoms with Gasteiger partial charge in [0.2, 0.25) is 5.91 Å². The molecule has 1 aliphatic rings. The molecule has 0 saturated carbocycles. The van der Waals surface area contributed by atoms with Gasteiger partial charge < -0.3 is 14.4 Å². The Labute approximate surface area is 146 Å². The van der Waals surface area contributed by atoms with E-state index in [1.807, 2.05) is 0 Å². The number of benzene rings is 2. The first kappa shape index (κ1) is 17.1. The Morgan fingerprint density at radius 1 is 1.00 bits per heavy atom. The van der Waals surface area contributed by atoms with Gasteiger partial charge in [-0.1, -0.05) is 12.1 Å². The second-order valence-electron chi connectivity index (χ2n) is 5.47. The molecular weight excluding hydrogens is 344 g/mol. The Bertz CT molecular complexity index is 926. The molecule has 0 bridgehead atoms. The number of carbonyl (C=O) groups is 1. The van der Waals surface area contributed by atoms with E-state index in [1.54, 1.807) is 37.4 Å². The average Bonchev–Trinajstić information content (AvgIpc) is 2.64. The summed E-state index contributed by atoms with van der Waals surface area (Å²) in [6.07, 6.45) is 0. The molecule has 0 N–H and O–H groups in total. The molecule has 0 radical (unpaired) electrons. The largest absolute Gasteiger partial charge is 0.497 e. The Balaban J connectivity index is 2.19. The Hall–Kier alpha value is -2.74. The van der Waals surface area contributed by atoms with E-state index in [9.17, 15) is 13.2 Å². The molecule has 2 aromatic rings. The highest BCUT2D eigenvalue weighted by Gasteiger charge is 2.36. The molecule has 25 heavy (non-hydrogen) atoms. The van der Waals surface area contributed by atoms with Gasteiger partial charge in [0.1, 0.15) is 22.9 Å². The second kappa shape index (κ2) is 6.29. The quantitative estimate of drug-likeness (QED) is 0.830. The van der Waals surface area contributed by atoms with E-state index in [4.69, 9.17) is 9.47 Å². The number of rotatable bonds is 4. The Morgan fingerprint density at radius 3 is 2.32 bits per heavy atom.